The zero-order valence-corrected chi connectivity index (χ0v) is 11.1. The van der Waals surface area contributed by atoms with Gasteiger partial charge in [-0.1, -0.05) is 42.5 Å². The van der Waals surface area contributed by atoms with Gasteiger partial charge in [-0.25, -0.2) is 4.79 Å². The van der Waals surface area contributed by atoms with Crippen molar-refractivity contribution in [3.05, 3.63) is 66.2 Å². The maximum absolute atomic E-state index is 11.6. The number of nitrogens with two attached hydrogens (primary N) is 1. The summed E-state index contributed by atoms with van der Waals surface area (Å²) in [6.45, 7) is 0. The van der Waals surface area contributed by atoms with E-state index in [4.69, 9.17) is 10.5 Å². The third kappa shape index (κ3) is 2.39. The number of fused-ring (bicyclic) bond motifs is 1. The fraction of sp³-hybridized carbons (Fsp3) is 0. The van der Waals surface area contributed by atoms with Crippen LogP contribution in [0, 0.1) is 0 Å². The molecule has 0 unspecified atom stereocenters. The molecule has 0 heterocycles. The summed E-state index contributed by atoms with van der Waals surface area (Å²) in [5, 5.41) is 10.9. The number of nitrogen functional groups attached to an aromatic ring is 1. The minimum atomic E-state index is -1.07. The van der Waals surface area contributed by atoms with Gasteiger partial charge in [0.25, 0.3) is 0 Å². The van der Waals surface area contributed by atoms with E-state index in [0.717, 1.165) is 5.39 Å². The average Bonchev–Trinajstić information content (AvgIpc) is 2.48. The van der Waals surface area contributed by atoms with E-state index >= 15 is 0 Å². The number of carbonyl (C=O) groups is 1. The van der Waals surface area contributed by atoms with Crippen molar-refractivity contribution in [3.63, 3.8) is 0 Å². The molecule has 3 N–H and O–H groups in total. The van der Waals surface area contributed by atoms with Gasteiger partial charge < -0.3 is 15.6 Å². The van der Waals surface area contributed by atoms with Crippen molar-refractivity contribution in [2.45, 2.75) is 0 Å². The van der Waals surface area contributed by atoms with Gasteiger partial charge in [0.05, 0.1) is 5.69 Å². The number of aromatic carboxylic acids is 1. The van der Waals surface area contributed by atoms with Crippen LogP contribution in [-0.2, 0) is 0 Å². The Bertz CT molecular complexity index is 813. The van der Waals surface area contributed by atoms with E-state index in [2.05, 4.69) is 0 Å². The molecule has 104 valence electrons. The summed E-state index contributed by atoms with van der Waals surface area (Å²) < 4.78 is 5.70. The zero-order valence-electron chi connectivity index (χ0n) is 11.1. The Morgan fingerprint density at radius 3 is 2.38 bits per heavy atom. The van der Waals surface area contributed by atoms with Crippen LogP contribution in [0.3, 0.4) is 0 Å². The van der Waals surface area contributed by atoms with E-state index in [0.29, 0.717) is 16.8 Å². The van der Waals surface area contributed by atoms with Crippen LogP contribution >= 0.6 is 0 Å². The van der Waals surface area contributed by atoms with Crippen molar-refractivity contribution >= 4 is 22.4 Å². The SMILES string of the molecule is Nc1cc2ccccc2c(C(=O)O)c1Oc1ccccc1. The molecule has 4 nitrogen and oxygen atoms in total. The number of carboxylic acid groups (broad SMARTS) is 1. The molecular weight excluding hydrogens is 266 g/mol. The first-order chi connectivity index (χ1) is 10.2. The van der Waals surface area contributed by atoms with Crippen molar-refractivity contribution in [3.8, 4) is 11.5 Å². The molecule has 0 bridgehead atoms. The number of para-hydroxylation sites is 1. The van der Waals surface area contributed by atoms with Crippen LogP contribution in [0.1, 0.15) is 10.4 Å². The molecule has 4 heteroatoms. The Labute approximate surface area is 121 Å². The fourth-order valence-corrected chi connectivity index (χ4v) is 2.28. The summed E-state index contributed by atoms with van der Waals surface area (Å²) in [4.78, 5) is 11.6. The summed E-state index contributed by atoms with van der Waals surface area (Å²) in [7, 11) is 0. The van der Waals surface area contributed by atoms with Crippen molar-refractivity contribution in [1.29, 1.82) is 0 Å². The molecule has 0 amide bonds. The van der Waals surface area contributed by atoms with Crippen LogP contribution in [0.4, 0.5) is 5.69 Å². The summed E-state index contributed by atoms with van der Waals surface area (Å²) in [5.74, 6) is -0.348. The Balaban J connectivity index is 2.23. The largest absolute Gasteiger partial charge is 0.478 e. The quantitative estimate of drug-likeness (QED) is 0.713. The molecule has 0 aromatic heterocycles. The average molecular weight is 279 g/mol. The van der Waals surface area contributed by atoms with Gasteiger partial charge in [-0.15, -0.1) is 0 Å². The highest BCUT2D eigenvalue weighted by atomic mass is 16.5. The van der Waals surface area contributed by atoms with E-state index in [1.54, 1.807) is 30.3 Å². The first kappa shape index (κ1) is 13.0. The van der Waals surface area contributed by atoms with Crippen molar-refractivity contribution in [2.24, 2.45) is 0 Å². The van der Waals surface area contributed by atoms with Crippen LogP contribution in [0.5, 0.6) is 11.5 Å². The number of ether oxygens (including phenoxy) is 1. The van der Waals surface area contributed by atoms with Gasteiger partial charge in [0, 0.05) is 5.39 Å². The minimum absolute atomic E-state index is 0.0782. The fourth-order valence-electron chi connectivity index (χ4n) is 2.28. The monoisotopic (exact) mass is 279 g/mol. The first-order valence-electron chi connectivity index (χ1n) is 6.44. The highest BCUT2D eigenvalue weighted by Gasteiger charge is 2.19. The molecule has 0 aliphatic heterocycles. The molecule has 3 aromatic rings. The summed E-state index contributed by atoms with van der Waals surface area (Å²) in [6.07, 6.45) is 0. The van der Waals surface area contributed by atoms with Crippen LogP contribution < -0.4 is 10.5 Å². The lowest BCUT2D eigenvalue weighted by Gasteiger charge is -2.14. The van der Waals surface area contributed by atoms with Crippen LogP contribution in [0.15, 0.2) is 60.7 Å². The predicted molar refractivity (Wildman–Crippen MR) is 81.8 cm³/mol. The standard InChI is InChI=1S/C17H13NO3/c18-14-10-11-6-4-5-9-13(11)15(17(19)20)16(14)21-12-7-2-1-3-8-12/h1-10H,18H2,(H,19,20). The molecule has 0 spiro atoms. The molecular formula is C17H13NO3. The smallest absolute Gasteiger partial charge is 0.340 e. The van der Waals surface area contributed by atoms with Gasteiger partial charge in [0.15, 0.2) is 5.75 Å². The molecule has 21 heavy (non-hydrogen) atoms. The lowest BCUT2D eigenvalue weighted by Crippen LogP contribution is -2.04. The van der Waals surface area contributed by atoms with Crippen LogP contribution in [0.25, 0.3) is 10.8 Å². The van der Waals surface area contributed by atoms with Gasteiger partial charge in [-0.2, -0.15) is 0 Å². The third-order valence-electron chi connectivity index (χ3n) is 3.21. The van der Waals surface area contributed by atoms with E-state index < -0.39 is 5.97 Å². The molecule has 0 radical (unpaired) electrons. The Morgan fingerprint density at radius 1 is 1.00 bits per heavy atom. The molecule has 0 aliphatic rings. The van der Waals surface area contributed by atoms with Crippen LogP contribution in [0.2, 0.25) is 0 Å². The topological polar surface area (TPSA) is 72.6 Å². The van der Waals surface area contributed by atoms with Crippen molar-refractivity contribution in [2.75, 3.05) is 5.73 Å². The number of hydrogen-bond acceptors (Lipinski definition) is 3. The number of benzene rings is 3. The number of hydrogen-bond donors (Lipinski definition) is 2. The van der Waals surface area contributed by atoms with Crippen molar-refractivity contribution in [1.82, 2.24) is 0 Å². The second kappa shape index (κ2) is 5.17. The normalized spacial score (nSPS) is 10.5. The van der Waals surface area contributed by atoms with E-state index in [1.807, 2.05) is 30.3 Å². The van der Waals surface area contributed by atoms with Gasteiger partial charge >= 0.3 is 5.97 Å². The van der Waals surface area contributed by atoms with Crippen LogP contribution in [-0.4, -0.2) is 11.1 Å². The Morgan fingerprint density at radius 2 is 1.67 bits per heavy atom. The molecule has 0 aliphatic carbocycles. The summed E-state index contributed by atoms with van der Waals surface area (Å²) >= 11 is 0. The lowest BCUT2D eigenvalue weighted by molar-refractivity contribution is 0.0696. The van der Waals surface area contributed by atoms with Crippen molar-refractivity contribution < 1.29 is 14.6 Å². The van der Waals surface area contributed by atoms with Gasteiger partial charge in [-0.3, -0.25) is 0 Å². The van der Waals surface area contributed by atoms with E-state index in [9.17, 15) is 9.90 Å². The Hall–Kier alpha value is -3.01. The summed E-state index contributed by atoms with van der Waals surface area (Å²) in [6, 6.07) is 17.9. The van der Waals surface area contributed by atoms with Gasteiger partial charge in [0.1, 0.15) is 11.3 Å². The predicted octanol–water partition coefficient (Wildman–Crippen LogP) is 3.91. The molecule has 0 saturated carbocycles. The maximum Gasteiger partial charge on any atom is 0.340 e. The summed E-state index contributed by atoms with van der Waals surface area (Å²) in [5.41, 5.74) is 6.36. The third-order valence-corrected chi connectivity index (χ3v) is 3.21. The van der Waals surface area contributed by atoms with Gasteiger partial charge in [-0.05, 0) is 23.6 Å². The second-order valence-electron chi connectivity index (χ2n) is 4.61. The number of anilines is 1. The molecule has 0 saturated heterocycles. The minimum Gasteiger partial charge on any atom is -0.478 e. The number of rotatable bonds is 3. The first-order valence-corrected chi connectivity index (χ1v) is 6.44. The highest BCUT2D eigenvalue weighted by Crippen LogP contribution is 2.37. The zero-order chi connectivity index (χ0) is 14.8. The highest BCUT2D eigenvalue weighted by molar-refractivity contribution is 6.08. The Kier molecular flexibility index (Phi) is 3.20. The molecule has 3 aromatic carbocycles. The van der Waals surface area contributed by atoms with E-state index in [-0.39, 0.29) is 11.3 Å². The molecule has 3 rings (SSSR count). The van der Waals surface area contributed by atoms with Gasteiger partial charge in [0.2, 0.25) is 0 Å². The lowest BCUT2D eigenvalue weighted by atomic mass is 10.0. The second-order valence-corrected chi connectivity index (χ2v) is 4.61. The molecule has 0 fully saturated rings. The number of carboxylic acids is 1. The maximum atomic E-state index is 11.6. The van der Waals surface area contributed by atoms with E-state index in [1.165, 1.54) is 0 Å². The molecule has 0 atom stereocenters.